The van der Waals surface area contributed by atoms with Crippen molar-refractivity contribution in [2.45, 2.75) is 0 Å². The molecule has 0 saturated heterocycles. The molecule has 0 N–H and O–H groups in total. The van der Waals surface area contributed by atoms with Crippen molar-refractivity contribution >= 4 is 39.4 Å². The molecule has 2 heterocycles. The van der Waals surface area contributed by atoms with Gasteiger partial charge in [0.25, 0.3) is 0 Å². The van der Waals surface area contributed by atoms with Crippen molar-refractivity contribution in [1.29, 1.82) is 0 Å². The quantitative estimate of drug-likeness (QED) is 0.531. The third-order valence-corrected chi connectivity index (χ3v) is 3.24. The smallest absolute Gasteiger partial charge is 0.322 e. The maximum absolute atomic E-state index is 11.3. The summed E-state index contributed by atoms with van der Waals surface area (Å²) in [4.78, 5) is 18.7. The van der Waals surface area contributed by atoms with E-state index in [1.807, 2.05) is 0 Å². The van der Waals surface area contributed by atoms with E-state index in [4.69, 9.17) is 16.5 Å². The minimum Gasteiger partial charge on any atom is -0.490 e. The van der Waals surface area contributed by atoms with Gasteiger partial charge in [0.1, 0.15) is 22.7 Å². The van der Waals surface area contributed by atoms with E-state index in [9.17, 15) is 10.1 Å². The summed E-state index contributed by atoms with van der Waals surface area (Å²) in [5, 5.41) is 11.6. The first-order valence-electron chi connectivity index (χ1n) is 5.26. The first-order chi connectivity index (χ1) is 9.15. The van der Waals surface area contributed by atoms with Gasteiger partial charge in [-0.1, -0.05) is 0 Å². The van der Waals surface area contributed by atoms with Gasteiger partial charge in [-0.2, -0.15) is 0 Å². The number of nitro benzene ring substituents is 1. The maximum Gasteiger partial charge on any atom is 0.322 e. The molecule has 1 aromatic carbocycles. The lowest BCUT2D eigenvalue weighted by molar-refractivity contribution is -0.383. The fourth-order valence-electron chi connectivity index (χ4n) is 2.09. The maximum atomic E-state index is 11.3. The summed E-state index contributed by atoms with van der Waals surface area (Å²) in [5.74, 6) is 0.167. The van der Waals surface area contributed by atoms with Gasteiger partial charge < -0.3 is 4.74 Å². The van der Waals surface area contributed by atoms with Crippen LogP contribution in [0.3, 0.4) is 0 Å². The summed E-state index contributed by atoms with van der Waals surface area (Å²) >= 11 is 6.14. The van der Waals surface area contributed by atoms with Crippen LogP contribution in [0.1, 0.15) is 0 Å². The molecule has 0 fully saturated rings. The van der Waals surface area contributed by atoms with Crippen LogP contribution in [-0.4, -0.2) is 26.1 Å². The number of rotatable bonds is 2. The number of ether oxygens (including phenoxy) is 1. The van der Waals surface area contributed by atoms with Gasteiger partial charge in [-0.15, -0.1) is 0 Å². The van der Waals surface area contributed by atoms with Crippen molar-refractivity contribution in [3.05, 3.63) is 34.8 Å². The fourth-order valence-corrected chi connectivity index (χ4v) is 2.36. The molecule has 0 aliphatic heterocycles. The van der Waals surface area contributed by atoms with Crippen molar-refractivity contribution in [3.63, 3.8) is 0 Å². The lowest BCUT2D eigenvalue weighted by Crippen LogP contribution is -1.94. The van der Waals surface area contributed by atoms with Gasteiger partial charge in [0.15, 0.2) is 5.75 Å². The number of fused-ring (bicyclic) bond motifs is 3. The minimum atomic E-state index is -0.500. The number of benzene rings is 1. The third-order valence-electron chi connectivity index (χ3n) is 2.87. The summed E-state index contributed by atoms with van der Waals surface area (Å²) in [6, 6.07) is 3.15. The molecule has 0 aliphatic carbocycles. The highest BCUT2D eigenvalue weighted by molar-refractivity contribution is 6.27. The Morgan fingerprint density at radius 3 is 2.89 bits per heavy atom. The SMILES string of the molecule is COc1ccc2c(c1[N+](=O)[O-])c1ncncc1n2Cl. The van der Waals surface area contributed by atoms with E-state index < -0.39 is 4.92 Å². The first-order valence-corrected chi connectivity index (χ1v) is 5.60. The van der Waals surface area contributed by atoms with E-state index in [2.05, 4.69) is 9.97 Å². The molecule has 19 heavy (non-hydrogen) atoms. The molecule has 96 valence electrons. The highest BCUT2D eigenvalue weighted by Gasteiger charge is 2.25. The third kappa shape index (κ3) is 1.52. The van der Waals surface area contributed by atoms with Crippen LogP contribution in [0.4, 0.5) is 5.69 Å². The number of hydrogen-bond acceptors (Lipinski definition) is 5. The summed E-state index contributed by atoms with van der Waals surface area (Å²) in [6.45, 7) is 0. The molecule has 3 rings (SSSR count). The molecule has 0 aliphatic rings. The average molecular weight is 279 g/mol. The largest absolute Gasteiger partial charge is 0.490 e. The normalized spacial score (nSPS) is 11.1. The Balaban J connectivity index is 2.61. The van der Waals surface area contributed by atoms with Crippen LogP contribution in [0.15, 0.2) is 24.7 Å². The lowest BCUT2D eigenvalue weighted by atomic mass is 10.2. The lowest BCUT2D eigenvalue weighted by Gasteiger charge is -2.02. The Kier molecular flexibility index (Phi) is 2.49. The van der Waals surface area contributed by atoms with Crippen molar-refractivity contribution in [3.8, 4) is 5.75 Å². The van der Waals surface area contributed by atoms with Crippen LogP contribution in [0.5, 0.6) is 5.75 Å². The number of nitro groups is 1. The zero-order chi connectivity index (χ0) is 13.6. The minimum absolute atomic E-state index is 0.150. The molecule has 0 radical (unpaired) electrons. The number of methoxy groups -OCH3 is 1. The van der Waals surface area contributed by atoms with E-state index in [1.54, 1.807) is 6.07 Å². The van der Waals surface area contributed by atoms with E-state index in [-0.39, 0.29) is 11.4 Å². The monoisotopic (exact) mass is 278 g/mol. The van der Waals surface area contributed by atoms with Crippen LogP contribution in [0.25, 0.3) is 21.9 Å². The summed E-state index contributed by atoms with van der Waals surface area (Å²) in [7, 11) is 1.38. The van der Waals surface area contributed by atoms with Crippen molar-refractivity contribution in [2.75, 3.05) is 7.11 Å². The van der Waals surface area contributed by atoms with E-state index in [0.717, 1.165) is 0 Å². The second-order valence-corrected chi connectivity index (χ2v) is 4.14. The molecule has 0 bridgehead atoms. The van der Waals surface area contributed by atoms with Crippen LogP contribution < -0.4 is 4.74 Å². The first kappa shape index (κ1) is 11.7. The van der Waals surface area contributed by atoms with Crippen LogP contribution in [0.2, 0.25) is 0 Å². The summed E-state index contributed by atoms with van der Waals surface area (Å²) < 4.78 is 6.34. The van der Waals surface area contributed by atoms with Gasteiger partial charge in [0.05, 0.1) is 23.7 Å². The number of hydrogen-bond donors (Lipinski definition) is 0. The number of aromatic nitrogens is 3. The topological polar surface area (TPSA) is 83.1 Å². The van der Waals surface area contributed by atoms with Crippen molar-refractivity contribution < 1.29 is 9.66 Å². The van der Waals surface area contributed by atoms with E-state index >= 15 is 0 Å². The number of nitrogens with zero attached hydrogens (tertiary/aromatic N) is 4. The molecular weight excluding hydrogens is 272 g/mol. The Morgan fingerprint density at radius 2 is 2.21 bits per heavy atom. The van der Waals surface area contributed by atoms with Gasteiger partial charge in [-0.05, 0) is 12.1 Å². The van der Waals surface area contributed by atoms with Gasteiger partial charge >= 0.3 is 5.69 Å². The molecule has 8 heteroatoms. The number of halogens is 1. The molecule has 0 saturated carbocycles. The Morgan fingerprint density at radius 1 is 1.42 bits per heavy atom. The zero-order valence-electron chi connectivity index (χ0n) is 9.70. The summed E-state index contributed by atoms with van der Waals surface area (Å²) in [6.07, 6.45) is 2.83. The molecule has 0 unspecified atom stereocenters. The van der Waals surface area contributed by atoms with Gasteiger partial charge in [0, 0.05) is 11.8 Å². The second-order valence-electron chi connectivity index (χ2n) is 3.81. The van der Waals surface area contributed by atoms with Crippen LogP contribution in [-0.2, 0) is 0 Å². The highest BCUT2D eigenvalue weighted by atomic mass is 35.5. The molecule has 0 amide bonds. The zero-order valence-corrected chi connectivity index (χ0v) is 10.5. The van der Waals surface area contributed by atoms with Crippen molar-refractivity contribution in [1.82, 2.24) is 14.1 Å². The second kappa shape index (κ2) is 4.06. The predicted molar refractivity (Wildman–Crippen MR) is 69.5 cm³/mol. The van der Waals surface area contributed by atoms with Crippen LogP contribution >= 0.6 is 11.8 Å². The molecular formula is C11H7ClN4O3. The standard InChI is InChI=1S/C11H7ClN4O3/c1-19-8-3-2-6-9(11(8)16(17)18)10-7(15(6)12)4-13-5-14-10/h2-5H,1H3. The molecule has 3 aromatic rings. The van der Waals surface area contributed by atoms with Crippen molar-refractivity contribution in [2.24, 2.45) is 0 Å². The molecule has 7 nitrogen and oxygen atoms in total. The van der Waals surface area contributed by atoms with E-state index in [1.165, 1.54) is 29.8 Å². The Labute approximate surface area is 111 Å². The molecule has 0 spiro atoms. The average Bonchev–Trinajstić information content (AvgIpc) is 2.72. The van der Waals surface area contributed by atoms with Gasteiger partial charge in [0.2, 0.25) is 0 Å². The predicted octanol–water partition coefficient (Wildman–Crippen LogP) is 2.50. The Hall–Kier alpha value is -2.41. The van der Waals surface area contributed by atoms with Crippen LogP contribution in [0, 0.1) is 10.1 Å². The summed E-state index contributed by atoms with van der Waals surface area (Å²) in [5.41, 5.74) is 1.27. The van der Waals surface area contributed by atoms with Gasteiger partial charge in [-0.3, -0.25) is 10.1 Å². The highest BCUT2D eigenvalue weighted by Crippen LogP contribution is 2.40. The van der Waals surface area contributed by atoms with Gasteiger partial charge in [-0.25, -0.2) is 14.1 Å². The Bertz CT molecular complexity index is 814. The molecule has 0 atom stereocenters. The fraction of sp³-hybridized carbons (Fsp3) is 0.0909. The molecule has 2 aromatic heterocycles. The van der Waals surface area contributed by atoms with E-state index in [0.29, 0.717) is 21.9 Å².